The van der Waals surface area contributed by atoms with Crippen molar-refractivity contribution in [2.75, 3.05) is 19.7 Å². The molecule has 1 aliphatic rings. The zero-order valence-electron chi connectivity index (χ0n) is 11.6. The van der Waals surface area contributed by atoms with Crippen molar-refractivity contribution in [2.45, 2.75) is 45.4 Å². The summed E-state index contributed by atoms with van der Waals surface area (Å²) in [6.45, 7) is 8.81. The molecule has 0 bridgehead atoms. The Labute approximate surface area is 109 Å². The monoisotopic (exact) mass is 252 g/mol. The highest BCUT2D eigenvalue weighted by Crippen LogP contribution is 2.28. The summed E-state index contributed by atoms with van der Waals surface area (Å²) in [5.74, 6) is 1.93. The second kappa shape index (κ2) is 5.87. The van der Waals surface area contributed by atoms with Crippen LogP contribution in [0, 0.1) is 6.92 Å². The summed E-state index contributed by atoms with van der Waals surface area (Å²) in [5, 5.41) is 0. The van der Waals surface area contributed by atoms with Crippen LogP contribution in [0.1, 0.15) is 37.8 Å². The Morgan fingerprint density at radius 3 is 2.83 bits per heavy atom. The average Bonchev–Trinajstić information content (AvgIpc) is 2.76. The molecule has 1 aromatic rings. The number of hydrogen-bond acceptors (Lipinski definition) is 4. The molecule has 3 unspecified atom stereocenters. The summed E-state index contributed by atoms with van der Waals surface area (Å²) in [7, 11) is 0. The first-order chi connectivity index (χ1) is 8.61. The first-order valence-electron chi connectivity index (χ1n) is 6.79. The minimum Gasteiger partial charge on any atom is -0.465 e. The Morgan fingerprint density at radius 2 is 2.28 bits per heavy atom. The zero-order valence-corrected chi connectivity index (χ0v) is 11.6. The molecule has 3 atom stereocenters. The lowest BCUT2D eigenvalue weighted by Gasteiger charge is -2.38. The summed E-state index contributed by atoms with van der Waals surface area (Å²) < 4.78 is 11.4. The van der Waals surface area contributed by atoms with E-state index in [1.165, 1.54) is 0 Å². The van der Waals surface area contributed by atoms with Gasteiger partial charge in [0.15, 0.2) is 0 Å². The van der Waals surface area contributed by atoms with Crippen LogP contribution in [0.5, 0.6) is 0 Å². The van der Waals surface area contributed by atoms with Gasteiger partial charge >= 0.3 is 0 Å². The second-order valence-electron chi connectivity index (χ2n) is 5.14. The molecule has 4 nitrogen and oxygen atoms in total. The zero-order chi connectivity index (χ0) is 13.1. The number of aryl methyl sites for hydroxylation is 1. The van der Waals surface area contributed by atoms with E-state index in [9.17, 15) is 0 Å². The van der Waals surface area contributed by atoms with Gasteiger partial charge in [-0.1, -0.05) is 6.92 Å². The van der Waals surface area contributed by atoms with Gasteiger partial charge in [-0.05, 0) is 32.4 Å². The quantitative estimate of drug-likeness (QED) is 0.891. The van der Waals surface area contributed by atoms with Gasteiger partial charge in [-0.3, -0.25) is 4.90 Å². The molecule has 102 valence electrons. The highest BCUT2D eigenvalue weighted by Gasteiger charge is 2.31. The number of nitrogens with zero attached hydrogens (tertiary/aromatic N) is 1. The van der Waals surface area contributed by atoms with Crippen molar-refractivity contribution in [3.8, 4) is 0 Å². The highest BCUT2D eigenvalue weighted by molar-refractivity contribution is 5.12. The summed E-state index contributed by atoms with van der Waals surface area (Å²) in [4.78, 5) is 2.39. The Hall–Kier alpha value is -0.840. The van der Waals surface area contributed by atoms with Crippen LogP contribution in [0.4, 0.5) is 0 Å². The number of ether oxygens (including phenoxy) is 1. The highest BCUT2D eigenvalue weighted by atomic mass is 16.5. The summed E-state index contributed by atoms with van der Waals surface area (Å²) in [6, 6.07) is 4.32. The van der Waals surface area contributed by atoms with Gasteiger partial charge in [-0.15, -0.1) is 0 Å². The Kier molecular flexibility index (Phi) is 4.43. The fourth-order valence-corrected chi connectivity index (χ4v) is 2.60. The van der Waals surface area contributed by atoms with Gasteiger partial charge in [0.1, 0.15) is 11.5 Å². The van der Waals surface area contributed by atoms with Crippen molar-refractivity contribution in [1.29, 1.82) is 0 Å². The fourth-order valence-electron chi connectivity index (χ4n) is 2.60. The maximum atomic E-state index is 6.29. The first kappa shape index (κ1) is 13.6. The van der Waals surface area contributed by atoms with Crippen LogP contribution in [-0.4, -0.2) is 36.7 Å². The van der Waals surface area contributed by atoms with E-state index >= 15 is 0 Å². The van der Waals surface area contributed by atoms with Crippen LogP contribution in [0.25, 0.3) is 0 Å². The van der Waals surface area contributed by atoms with Gasteiger partial charge in [0.2, 0.25) is 0 Å². The van der Waals surface area contributed by atoms with Crippen molar-refractivity contribution < 1.29 is 9.15 Å². The number of morpholine rings is 1. The molecule has 1 fully saturated rings. The lowest BCUT2D eigenvalue weighted by molar-refractivity contribution is -0.0420. The van der Waals surface area contributed by atoms with Crippen molar-refractivity contribution in [1.82, 2.24) is 4.90 Å². The molecule has 18 heavy (non-hydrogen) atoms. The lowest BCUT2D eigenvalue weighted by Crippen LogP contribution is -2.48. The molecule has 4 heteroatoms. The van der Waals surface area contributed by atoms with E-state index in [2.05, 4.69) is 24.8 Å². The van der Waals surface area contributed by atoms with Gasteiger partial charge in [-0.25, -0.2) is 0 Å². The third-order valence-corrected chi connectivity index (χ3v) is 3.60. The molecule has 0 aliphatic carbocycles. The molecule has 0 amide bonds. The first-order valence-corrected chi connectivity index (χ1v) is 6.79. The van der Waals surface area contributed by atoms with E-state index in [-0.39, 0.29) is 18.2 Å². The molecular weight excluding hydrogens is 228 g/mol. The Bertz CT molecular complexity index is 378. The molecule has 0 radical (unpaired) electrons. The van der Waals surface area contributed by atoms with E-state index in [1.54, 1.807) is 0 Å². The SMILES string of the molecule is CCC(N)C(c1ccc(C)o1)N1CCOC(C)C1. The van der Waals surface area contributed by atoms with Crippen molar-refractivity contribution in [3.05, 3.63) is 23.7 Å². The fraction of sp³-hybridized carbons (Fsp3) is 0.714. The van der Waals surface area contributed by atoms with Gasteiger partial charge in [0.05, 0.1) is 18.8 Å². The van der Waals surface area contributed by atoms with Crippen molar-refractivity contribution >= 4 is 0 Å². The van der Waals surface area contributed by atoms with Crippen LogP contribution in [0.2, 0.25) is 0 Å². The lowest BCUT2D eigenvalue weighted by atomic mass is 10.0. The van der Waals surface area contributed by atoms with Gasteiger partial charge in [0.25, 0.3) is 0 Å². The van der Waals surface area contributed by atoms with Crippen molar-refractivity contribution in [3.63, 3.8) is 0 Å². The summed E-state index contributed by atoms with van der Waals surface area (Å²) >= 11 is 0. The van der Waals surface area contributed by atoms with Crippen molar-refractivity contribution in [2.24, 2.45) is 5.73 Å². The van der Waals surface area contributed by atoms with Crippen LogP contribution in [0.3, 0.4) is 0 Å². The predicted molar refractivity (Wildman–Crippen MR) is 71.4 cm³/mol. The Balaban J connectivity index is 2.19. The topological polar surface area (TPSA) is 51.6 Å². The van der Waals surface area contributed by atoms with E-state index in [0.29, 0.717) is 0 Å². The smallest absolute Gasteiger partial charge is 0.122 e. The maximum absolute atomic E-state index is 6.29. The average molecular weight is 252 g/mol. The number of hydrogen-bond donors (Lipinski definition) is 1. The van der Waals surface area contributed by atoms with E-state index in [0.717, 1.165) is 37.6 Å². The molecule has 2 N–H and O–H groups in total. The van der Waals surface area contributed by atoms with Crippen LogP contribution in [0.15, 0.2) is 16.5 Å². The number of nitrogens with two attached hydrogens (primary N) is 1. The van der Waals surface area contributed by atoms with Gasteiger partial charge < -0.3 is 14.9 Å². The third kappa shape index (κ3) is 2.94. The minimum absolute atomic E-state index is 0.0980. The molecule has 0 spiro atoms. The maximum Gasteiger partial charge on any atom is 0.122 e. The molecule has 0 aromatic carbocycles. The molecule has 1 aromatic heterocycles. The number of rotatable bonds is 4. The van der Waals surface area contributed by atoms with E-state index < -0.39 is 0 Å². The van der Waals surface area contributed by atoms with E-state index in [1.807, 2.05) is 13.0 Å². The van der Waals surface area contributed by atoms with Gasteiger partial charge in [-0.2, -0.15) is 0 Å². The molecule has 1 aliphatic heterocycles. The molecule has 2 heterocycles. The minimum atomic E-state index is 0.0980. The normalized spacial score (nSPS) is 25.0. The number of furan rings is 1. The molecule has 0 saturated carbocycles. The molecule has 2 rings (SSSR count). The Morgan fingerprint density at radius 1 is 1.50 bits per heavy atom. The second-order valence-corrected chi connectivity index (χ2v) is 5.14. The van der Waals surface area contributed by atoms with Gasteiger partial charge in [0, 0.05) is 19.1 Å². The van der Waals surface area contributed by atoms with Crippen LogP contribution in [-0.2, 0) is 4.74 Å². The standard InChI is InChI=1S/C14H24N2O2/c1-4-12(15)14(13-6-5-10(2)18-13)16-7-8-17-11(3)9-16/h5-6,11-12,14H,4,7-9,15H2,1-3H3. The summed E-state index contributed by atoms with van der Waals surface area (Å²) in [5.41, 5.74) is 6.29. The van der Waals surface area contributed by atoms with E-state index in [4.69, 9.17) is 14.9 Å². The molecular formula is C14H24N2O2. The van der Waals surface area contributed by atoms with Crippen LogP contribution < -0.4 is 5.73 Å². The van der Waals surface area contributed by atoms with Crippen LogP contribution >= 0.6 is 0 Å². The largest absolute Gasteiger partial charge is 0.465 e. The summed E-state index contributed by atoms with van der Waals surface area (Å²) in [6.07, 6.45) is 1.21. The molecule has 1 saturated heterocycles. The third-order valence-electron chi connectivity index (χ3n) is 3.60. The predicted octanol–water partition coefficient (Wildman–Crippen LogP) is 2.09.